The highest BCUT2D eigenvalue weighted by Crippen LogP contribution is 2.61. The molecule has 2 unspecified atom stereocenters. The average Bonchev–Trinajstić information content (AvgIpc) is 3.41. The first-order valence-corrected chi connectivity index (χ1v) is 14.8. The van der Waals surface area contributed by atoms with Crippen LogP contribution in [-0.2, 0) is 0 Å². The second-order valence-electron chi connectivity index (χ2n) is 10.3. The molecule has 0 radical (unpaired) electrons. The smallest absolute Gasteiger partial charge is 0.133 e. The van der Waals surface area contributed by atoms with E-state index in [2.05, 4.69) is 74.2 Å². The zero-order valence-electron chi connectivity index (χ0n) is 27.0. The van der Waals surface area contributed by atoms with Crippen LogP contribution in [-0.4, -0.2) is 16.4 Å². The van der Waals surface area contributed by atoms with E-state index in [1.807, 2.05) is 72.9 Å². The summed E-state index contributed by atoms with van der Waals surface area (Å²) in [6.45, 7) is 28.4. The summed E-state index contributed by atoms with van der Waals surface area (Å²) in [7, 11) is 1.50. The van der Waals surface area contributed by atoms with Crippen molar-refractivity contribution in [3.63, 3.8) is 0 Å². The Morgan fingerprint density at radius 2 is 1.29 bits per heavy atom. The Balaban J connectivity index is 0.000000609. The van der Waals surface area contributed by atoms with Gasteiger partial charge in [0.05, 0.1) is 0 Å². The van der Waals surface area contributed by atoms with Gasteiger partial charge in [0.25, 0.3) is 0 Å². The number of nitrogen functional groups attached to an aromatic ring is 1. The lowest BCUT2D eigenvalue weighted by Gasteiger charge is -2.14. The number of anilines is 2. The van der Waals surface area contributed by atoms with Gasteiger partial charge in [-0.15, -0.1) is 23.2 Å². The van der Waals surface area contributed by atoms with Crippen LogP contribution < -0.4 is 16.8 Å². The van der Waals surface area contributed by atoms with Gasteiger partial charge >= 0.3 is 0 Å². The molecule has 1 aliphatic rings. The molecule has 1 saturated carbocycles. The van der Waals surface area contributed by atoms with Crippen LogP contribution in [0.1, 0.15) is 66.6 Å². The van der Waals surface area contributed by atoms with Gasteiger partial charge in [-0.3, -0.25) is 0 Å². The predicted molar refractivity (Wildman–Crippen MR) is 186 cm³/mol. The van der Waals surface area contributed by atoms with Gasteiger partial charge in [-0.1, -0.05) is 86.5 Å². The number of nitrogens with two attached hydrogens (primary N) is 2. The van der Waals surface area contributed by atoms with Gasteiger partial charge in [-0.05, 0) is 90.3 Å². The van der Waals surface area contributed by atoms with E-state index in [4.69, 9.17) is 28.9 Å². The fraction of sp³-hybridized carbons (Fsp3) is 0.400. The Hall–Kier alpha value is -2.79. The zero-order valence-corrected chi connectivity index (χ0v) is 28.6. The van der Waals surface area contributed by atoms with Crippen molar-refractivity contribution in [3.8, 4) is 0 Å². The quantitative estimate of drug-likeness (QED) is 0.158. The maximum absolute atomic E-state index is 5.86. The van der Waals surface area contributed by atoms with Crippen LogP contribution in [0.15, 0.2) is 67.4 Å². The van der Waals surface area contributed by atoms with Crippen LogP contribution in [0.25, 0.3) is 5.70 Å². The van der Waals surface area contributed by atoms with Crippen LogP contribution in [0.3, 0.4) is 0 Å². The molecule has 1 fully saturated rings. The number of aromatic nitrogens is 1. The van der Waals surface area contributed by atoms with Gasteiger partial charge < -0.3 is 16.8 Å². The molecule has 41 heavy (non-hydrogen) atoms. The second kappa shape index (κ2) is 17.9. The minimum Gasteiger partial charge on any atom is -0.399 e. The molecule has 1 heterocycles. The van der Waals surface area contributed by atoms with Crippen molar-refractivity contribution in [2.75, 3.05) is 18.1 Å². The van der Waals surface area contributed by atoms with E-state index in [9.17, 15) is 0 Å². The third kappa shape index (κ3) is 12.3. The van der Waals surface area contributed by atoms with E-state index in [1.165, 1.54) is 23.7 Å². The summed E-state index contributed by atoms with van der Waals surface area (Å²) in [4.78, 5) is 4.39. The maximum atomic E-state index is 5.86. The van der Waals surface area contributed by atoms with E-state index in [1.54, 1.807) is 0 Å². The summed E-state index contributed by atoms with van der Waals surface area (Å²) >= 11 is 11.7. The molecule has 2 aromatic carbocycles. The molecule has 0 bridgehead atoms. The molecular weight excluding hydrogens is 547 g/mol. The number of nitrogens with zero attached hydrogens (tertiary/aromatic N) is 1. The van der Waals surface area contributed by atoms with Crippen molar-refractivity contribution in [1.29, 1.82) is 0 Å². The standard InChI is InChI=1S/C16H19N3.C9H12.C7H10Cl2.C2H6.CH5N/c1-10-7-12(3)16(18-9-10)19-13(4)15-8-14(17)6-5-11(15)2;1-7-4-8(2)6-9(3)5-7;1-4(2)6-5(3)7(6,8)9;2*1-2/h5-9H,4,17H2,1-3H3,(H,18,19);4-6H,1-3H3;5-6H,1H2,2-3H3;1-2H3;2H2,1H3. The van der Waals surface area contributed by atoms with E-state index in [0.29, 0.717) is 11.8 Å². The first kappa shape index (κ1) is 38.2. The normalized spacial score (nSPS) is 15.6. The molecule has 4 rings (SSSR count). The number of hydrogen-bond acceptors (Lipinski definition) is 4. The molecule has 0 aliphatic heterocycles. The summed E-state index contributed by atoms with van der Waals surface area (Å²) in [6, 6.07) is 14.5. The van der Waals surface area contributed by atoms with Gasteiger partial charge in [0.2, 0.25) is 0 Å². The van der Waals surface area contributed by atoms with Crippen molar-refractivity contribution < 1.29 is 0 Å². The van der Waals surface area contributed by atoms with Crippen molar-refractivity contribution in [2.45, 2.75) is 73.6 Å². The maximum Gasteiger partial charge on any atom is 0.133 e. The van der Waals surface area contributed by atoms with Gasteiger partial charge in [-0.25, -0.2) is 4.98 Å². The number of alkyl halides is 2. The van der Waals surface area contributed by atoms with Gasteiger partial charge in [0.15, 0.2) is 0 Å². The van der Waals surface area contributed by atoms with Crippen molar-refractivity contribution in [3.05, 3.63) is 106 Å². The van der Waals surface area contributed by atoms with Crippen LogP contribution in [0, 0.1) is 53.4 Å². The molecule has 3 aromatic rings. The molecule has 6 heteroatoms. The molecular formula is C35H52Cl2N4. The molecule has 1 aromatic heterocycles. The van der Waals surface area contributed by atoms with Crippen molar-refractivity contribution >= 4 is 40.4 Å². The van der Waals surface area contributed by atoms with Gasteiger partial charge in [-0.2, -0.15) is 0 Å². The monoisotopic (exact) mass is 598 g/mol. The lowest BCUT2D eigenvalue weighted by atomic mass is 10.1. The molecule has 0 saturated heterocycles. The number of aryl methyl sites for hydroxylation is 6. The highest BCUT2D eigenvalue weighted by Gasteiger charge is 2.60. The largest absolute Gasteiger partial charge is 0.399 e. The van der Waals surface area contributed by atoms with Gasteiger partial charge in [0.1, 0.15) is 10.2 Å². The van der Waals surface area contributed by atoms with E-state index in [0.717, 1.165) is 45.0 Å². The lowest BCUT2D eigenvalue weighted by molar-refractivity contribution is 0.859. The Morgan fingerprint density at radius 1 is 0.829 bits per heavy atom. The number of hydrogen-bond donors (Lipinski definition) is 3. The number of pyridine rings is 1. The highest BCUT2D eigenvalue weighted by molar-refractivity contribution is 6.51. The minimum absolute atomic E-state index is 0.320. The number of benzene rings is 2. The highest BCUT2D eigenvalue weighted by atomic mass is 35.5. The Kier molecular flexibility index (Phi) is 16.7. The SMILES string of the molecule is C=C(C)C1C(C)C1(Cl)Cl.C=C(Nc1ncc(C)cc1C)c1cc(N)ccc1C.CC.CN.Cc1cc(C)cc(C)c1. The Bertz CT molecular complexity index is 1230. The summed E-state index contributed by atoms with van der Waals surface area (Å²) in [5.74, 6) is 1.54. The summed E-state index contributed by atoms with van der Waals surface area (Å²) < 4.78 is -0.508. The first-order valence-electron chi connectivity index (χ1n) is 14.0. The Morgan fingerprint density at radius 3 is 1.66 bits per heavy atom. The fourth-order valence-corrected chi connectivity index (χ4v) is 5.33. The summed E-state index contributed by atoms with van der Waals surface area (Å²) in [5, 5.41) is 3.26. The van der Waals surface area contributed by atoms with Gasteiger partial charge in [0, 0.05) is 29.1 Å². The topological polar surface area (TPSA) is 77.0 Å². The van der Waals surface area contributed by atoms with E-state index in [-0.39, 0.29) is 0 Å². The second-order valence-corrected chi connectivity index (χ2v) is 11.8. The van der Waals surface area contributed by atoms with Crippen LogP contribution in [0.5, 0.6) is 0 Å². The molecule has 5 N–H and O–H groups in total. The predicted octanol–water partition coefficient (Wildman–Crippen LogP) is 9.89. The van der Waals surface area contributed by atoms with Crippen LogP contribution >= 0.6 is 23.2 Å². The lowest BCUT2D eigenvalue weighted by Crippen LogP contribution is -2.03. The van der Waals surface area contributed by atoms with Crippen molar-refractivity contribution in [1.82, 2.24) is 4.98 Å². The van der Waals surface area contributed by atoms with Crippen LogP contribution in [0.4, 0.5) is 11.5 Å². The molecule has 2 atom stereocenters. The molecule has 226 valence electrons. The third-order valence-corrected chi connectivity index (χ3v) is 7.54. The summed E-state index contributed by atoms with van der Waals surface area (Å²) in [6.07, 6.45) is 1.84. The molecule has 1 aliphatic carbocycles. The fourth-order valence-electron chi connectivity index (χ4n) is 4.46. The minimum atomic E-state index is -0.508. The number of halogens is 2. The molecule has 4 nitrogen and oxygen atoms in total. The number of nitrogens with one attached hydrogen (secondary N) is 1. The average molecular weight is 600 g/mol. The van der Waals surface area contributed by atoms with E-state index < -0.39 is 4.33 Å². The van der Waals surface area contributed by atoms with E-state index >= 15 is 0 Å². The third-order valence-electron chi connectivity index (χ3n) is 6.38. The Labute approximate surface area is 260 Å². The zero-order chi connectivity index (χ0) is 32.1. The number of allylic oxidation sites excluding steroid dienone is 1. The summed E-state index contributed by atoms with van der Waals surface area (Å²) in [5.41, 5.74) is 21.4. The van der Waals surface area contributed by atoms with Crippen LogP contribution in [0.2, 0.25) is 0 Å². The molecule has 0 spiro atoms. The number of rotatable bonds is 4. The first-order chi connectivity index (χ1) is 19.1. The van der Waals surface area contributed by atoms with Crippen molar-refractivity contribution in [2.24, 2.45) is 17.6 Å². The molecule has 0 amide bonds.